The van der Waals surface area contributed by atoms with Gasteiger partial charge in [-0.05, 0) is 44.2 Å². The Balaban J connectivity index is 0.00000450. The van der Waals surface area contributed by atoms with Crippen molar-refractivity contribution in [1.82, 2.24) is 15.5 Å². The van der Waals surface area contributed by atoms with Crippen LogP contribution in [0, 0.1) is 12.8 Å². The monoisotopic (exact) mass is 542 g/mol. The van der Waals surface area contributed by atoms with Gasteiger partial charge in [0.05, 0.1) is 19.7 Å². The SMILES string of the molecule is CCNC(=NCc1ccc(C)cc1OCC1CC1)NCC(=O)N(C)CC(F)(F)F.I. The highest BCUT2D eigenvalue weighted by atomic mass is 127. The number of carbonyl (C=O) groups is 1. The molecule has 2 rings (SSSR count). The summed E-state index contributed by atoms with van der Waals surface area (Å²) >= 11 is 0. The summed E-state index contributed by atoms with van der Waals surface area (Å²) in [6.07, 6.45) is -2.03. The molecule has 0 radical (unpaired) electrons. The maximum Gasteiger partial charge on any atom is 0.406 e. The molecule has 170 valence electrons. The number of hydrogen-bond acceptors (Lipinski definition) is 3. The zero-order valence-electron chi connectivity index (χ0n) is 17.5. The number of likely N-dealkylation sites (N-methyl/N-ethyl adjacent to an activating group) is 1. The summed E-state index contributed by atoms with van der Waals surface area (Å²) in [6.45, 7) is 3.86. The van der Waals surface area contributed by atoms with Crippen LogP contribution in [-0.2, 0) is 11.3 Å². The topological polar surface area (TPSA) is 66.0 Å². The van der Waals surface area contributed by atoms with Crippen LogP contribution in [-0.4, -0.2) is 56.2 Å². The van der Waals surface area contributed by atoms with Gasteiger partial charge in [-0.15, -0.1) is 24.0 Å². The minimum absolute atomic E-state index is 0. The Morgan fingerprint density at radius 2 is 2.00 bits per heavy atom. The molecule has 2 N–H and O–H groups in total. The molecular weight excluding hydrogens is 512 g/mol. The first-order valence-corrected chi connectivity index (χ1v) is 9.73. The van der Waals surface area contributed by atoms with Crippen LogP contribution < -0.4 is 15.4 Å². The van der Waals surface area contributed by atoms with Crippen LogP contribution >= 0.6 is 24.0 Å². The lowest BCUT2D eigenvalue weighted by Gasteiger charge is -2.20. The molecule has 0 atom stereocenters. The molecule has 30 heavy (non-hydrogen) atoms. The summed E-state index contributed by atoms with van der Waals surface area (Å²) in [6, 6.07) is 5.90. The van der Waals surface area contributed by atoms with E-state index in [0.717, 1.165) is 23.9 Å². The number of hydrogen-bond donors (Lipinski definition) is 2. The first kappa shape index (κ1) is 26.3. The lowest BCUT2D eigenvalue weighted by Crippen LogP contribution is -2.45. The van der Waals surface area contributed by atoms with Crippen molar-refractivity contribution in [1.29, 1.82) is 0 Å². The zero-order chi connectivity index (χ0) is 21.4. The van der Waals surface area contributed by atoms with Crippen LogP contribution in [0.4, 0.5) is 13.2 Å². The number of rotatable bonds is 9. The number of nitrogens with zero attached hydrogens (tertiary/aromatic N) is 2. The summed E-state index contributed by atoms with van der Waals surface area (Å²) in [4.78, 5) is 17.0. The minimum Gasteiger partial charge on any atom is -0.493 e. The molecule has 6 nitrogen and oxygen atoms in total. The van der Waals surface area contributed by atoms with E-state index in [9.17, 15) is 18.0 Å². The van der Waals surface area contributed by atoms with Gasteiger partial charge in [-0.25, -0.2) is 4.99 Å². The van der Waals surface area contributed by atoms with Crippen molar-refractivity contribution in [3.8, 4) is 5.75 Å². The quantitative estimate of drug-likeness (QED) is 0.285. The van der Waals surface area contributed by atoms with E-state index in [4.69, 9.17) is 4.74 Å². The van der Waals surface area contributed by atoms with Crippen LogP contribution in [0.2, 0.25) is 0 Å². The van der Waals surface area contributed by atoms with Crippen molar-refractivity contribution in [3.63, 3.8) is 0 Å². The highest BCUT2D eigenvalue weighted by Gasteiger charge is 2.31. The fourth-order valence-electron chi connectivity index (χ4n) is 2.58. The first-order chi connectivity index (χ1) is 13.7. The molecule has 1 aliphatic rings. The van der Waals surface area contributed by atoms with E-state index in [-0.39, 0.29) is 30.5 Å². The van der Waals surface area contributed by atoms with E-state index >= 15 is 0 Å². The van der Waals surface area contributed by atoms with Gasteiger partial charge < -0.3 is 20.3 Å². The number of amides is 1. The molecule has 0 saturated heterocycles. The molecular formula is C20H30F3IN4O2. The molecule has 0 aliphatic heterocycles. The van der Waals surface area contributed by atoms with E-state index in [2.05, 4.69) is 15.6 Å². The van der Waals surface area contributed by atoms with E-state index in [1.165, 1.54) is 12.8 Å². The normalized spacial score (nSPS) is 14.0. The largest absolute Gasteiger partial charge is 0.493 e. The Kier molecular flexibility index (Phi) is 10.7. The maximum absolute atomic E-state index is 12.4. The Morgan fingerprint density at radius 3 is 2.60 bits per heavy atom. The predicted molar refractivity (Wildman–Crippen MR) is 121 cm³/mol. The molecule has 0 heterocycles. The number of nitrogens with one attached hydrogen (secondary N) is 2. The number of halogens is 4. The molecule has 1 fully saturated rings. The number of benzene rings is 1. The Hall–Kier alpha value is -1.72. The van der Waals surface area contributed by atoms with Crippen molar-refractivity contribution in [2.75, 3.05) is 33.3 Å². The maximum atomic E-state index is 12.4. The number of carbonyl (C=O) groups excluding carboxylic acids is 1. The predicted octanol–water partition coefficient (Wildman–Crippen LogP) is 3.48. The van der Waals surface area contributed by atoms with Crippen LogP contribution in [0.3, 0.4) is 0 Å². The van der Waals surface area contributed by atoms with Gasteiger partial charge in [0.1, 0.15) is 12.3 Å². The molecule has 1 saturated carbocycles. The molecule has 10 heteroatoms. The number of aliphatic imine (C=N–C) groups is 1. The summed E-state index contributed by atoms with van der Waals surface area (Å²) < 4.78 is 43.2. The van der Waals surface area contributed by atoms with Gasteiger partial charge in [0.25, 0.3) is 0 Å². The highest BCUT2D eigenvalue weighted by Crippen LogP contribution is 2.31. The lowest BCUT2D eigenvalue weighted by atomic mass is 10.1. The van der Waals surface area contributed by atoms with Gasteiger partial charge >= 0.3 is 6.18 Å². The number of aryl methyl sites for hydroxylation is 1. The third kappa shape index (κ3) is 9.86. The van der Waals surface area contributed by atoms with Crippen molar-refractivity contribution in [2.24, 2.45) is 10.9 Å². The Morgan fingerprint density at radius 1 is 1.30 bits per heavy atom. The lowest BCUT2D eigenvalue weighted by molar-refractivity contribution is -0.157. The fourth-order valence-corrected chi connectivity index (χ4v) is 2.58. The molecule has 1 aromatic rings. The zero-order valence-corrected chi connectivity index (χ0v) is 19.8. The molecule has 0 unspecified atom stereocenters. The van der Waals surface area contributed by atoms with E-state index in [1.54, 1.807) is 0 Å². The second-order valence-electron chi connectivity index (χ2n) is 7.28. The van der Waals surface area contributed by atoms with Gasteiger partial charge in [-0.1, -0.05) is 12.1 Å². The summed E-state index contributed by atoms with van der Waals surface area (Å²) in [5.74, 6) is 1.11. The van der Waals surface area contributed by atoms with Gasteiger partial charge in [0.2, 0.25) is 5.91 Å². The summed E-state index contributed by atoms with van der Waals surface area (Å²) in [5.41, 5.74) is 2.00. The molecule has 0 bridgehead atoms. The van der Waals surface area contributed by atoms with Crippen molar-refractivity contribution in [2.45, 2.75) is 39.4 Å². The molecule has 1 aromatic carbocycles. The van der Waals surface area contributed by atoms with Crippen molar-refractivity contribution < 1.29 is 22.7 Å². The van der Waals surface area contributed by atoms with Gasteiger partial charge in [-0.2, -0.15) is 13.2 Å². The third-order valence-electron chi connectivity index (χ3n) is 4.40. The van der Waals surface area contributed by atoms with E-state index in [0.29, 0.717) is 36.5 Å². The second-order valence-corrected chi connectivity index (χ2v) is 7.28. The fraction of sp³-hybridized carbons (Fsp3) is 0.600. The minimum atomic E-state index is -4.43. The smallest absolute Gasteiger partial charge is 0.406 e. The van der Waals surface area contributed by atoms with Crippen molar-refractivity contribution in [3.05, 3.63) is 29.3 Å². The van der Waals surface area contributed by atoms with Crippen LogP contribution in [0.5, 0.6) is 5.75 Å². The number of guanidine groups is 1. The highest BCUT2D eigenvalue weighted by molar-refractivity contribution is 14.0. The molecule has 0 aromatic heterocycles. The van der Waals surface area contributed by atoms with E-state index in [1.807, 2.05) is 32.0 Å². The standard InChI is InChI=1S/C20H29F3N4O2.HI/c1-4-24-19(26-11-18(28)27(3)13-20(21,22)23)25-10-16-8-5-14(2)9-17(16)29-12-15-6-7-15;/h5,8-9,15H,4,6-7,10-13H2,1-3H3,(H2,24,25,26);1H. The summed E-state index contributed by atoms with van der Waals surface area (Å²) in [5, 5.41) is 5.78. The van der Waals surface area contributed by atoms with Crippen LogP contribution in [0.25, 0.3) is 0 Å². The average molecular weight is 542 g/mol. The molecule has 0 spiro atoms. The second kappa shape index (κ2) is 12.2. The van der Waals surface area contributed by atoms with Crippen molar-refractivity contribution >= 4 is 35.8 Å². The average Bonchev–Trinajstić information content (AvgIpc) is 3.46. The van der Waals surface area contributed by atoms with Gasteiger partial charge in [0.15, 0.2) is 5.96 Å². The van der Waals surface area contributed by atoms with Gasteiger partial charge in [0, 0.05) is 19.2 Å². The third-order valence-corrected chi connectivity index (χ3v) is 4.40. The number of ether oxygens (including phenoxy) is 1. The first-order valence-electron chi connectivity index (χ1n) is 9.73. The van der Waals surface area contributed by atoms with E-state index < -0.39 is 18.6 Å². The molecule has 1 aliphatic carbocycles. The Labute approximate surface area is 192 Å². The van der Waals surface area contributed by atoms with Gasteiger partial charge in [-0.3, -0.25) is 4.79 Å². The molecule has 1 amide bonds. The van der Waals surface area contributed by atoms with Crippen LogP contribution in [0.15, 0.2) is 23.2 Å². The number of alkyl halides is 3. The van der Waals surface area contributed by atoms with Crippen LogP contribution in [0.1, 0.15) is 30.9 Å². The Bertz CT molecular complexity index is 724. The summed E-state index contributed by atoms with van der Waals surface area (Å²) in [7, 11) is 1.12.